The minimum Gasteiger partial charge on any atom is -0.381 e. The predicted molar refractivity (Wildman–Crippen MR) is 68.1 cm³/mol. The van der Waals surface area contributed by atoms with Crippen LogP contribution >= 0.6 is 11.6 Å². The number of nitrogens with two attached hydrogens (primary N) is 1. The number of rotatable bonds is 2. The zero-order chi connectivity index (χ0) is 11.8. The monoisotopic (exact) mass is 251 g/mol. The largest absolute Gasteiger partial charge is 0.381 e. The van der Waals surface area contributed by atoms with Crippen LogP contribution in [0.1, 0.15) is 6.42 Å². The Hall–Kier alpha value is -1.26. The molecule has 90 valence electrons. The van der Waals surface area contributed by atoms with Crippen LogP contribution in [0.3, 0.4) is 0 Å². The third-order valence-electron chi connectivity index (χ3n) is 3.20. The van der Waals surface area contributed by atoms with Gasteiger partial charge in [-0.1, -0.05) is 11.6 Å². The van der Waals surface area contributed by atoms with E-state index in [-0.39, 0.29) is 0 Å². The second kappa shape index (κ2) is 4.20. The normalized spacial score (nSPS) is 20.2. The molecule has 5 heteroatoms. The summed E-state index contributed by atoms with van der Waals surface area (Å²) in [6.07, 6.45) is 1.08. The van der Waals surface area contributed by atoms with E-state index in [1.165, 1.54) is 0 Å². The van der Waals surface area contributed by atoms with Gasteiger partial charge in [0.2, 0.25) is 5.95 Å². The summed E-state index contributed by atoms with van der Waals surface area (Å²) in [4.78, 5) is 4.34. The van der Waals surface area contributed by atoms with E-state index in [1.54, 1.807) is 0 Å². The first kappa shape index (κ1) is 10.9. The smallest absolute Gasteiger partial charge is 0.201 e. The van der Waals surface area contributed by atoms with Gasteiger partial charge in [-0.05, 0) is 24.6 Å². The number of fused-ring (bicyclic) bond motifs is 1. The van der Waals surface area contributed by atoms with E-state index in [0.29, 0.717) is 16.9 Å². The Balaban J connectivity index is 2.01. The van der Waals surface area contributed by atoms with Crippen molar-refractivity contribution in [2.45, 2.75) is 13.0 Å². The molecular formula is C12H14ClN3O. The van der Waals surface area contributed by atoms with E-state index in [1.807, 2.05) is 22.8 Å². The van der Waals surface area contributed by atoms with Gasteiger partial charge in [-0.2, -0.15) is 0 Å². The molecule has 0 radical (unpaired) electrons. The topological polar surface area (TPSA) is 53.1 Å². The Kier molecular flexibility index (Phi) is 2.68. The van der Waals surface area contributed by atoms with Gasteiger partial charge in [0.05, 0.1) is 17.6 Å². The van der Waals surface area contributed by atoms with Crippen LogP contribution in [0.15, 0.2) is 18.2 Å². The highest BCUT2D eigenvalue weighted by atomic mass is 35.5. The summed E-state index contributed by atoms with van der Waals surface area (Å²) in [5, 5.41) is 0.710. The molecule has 17 heavy (non-hydrogen) atoms. The number of nitrogens with zero attached hydrogens (tertiary/aromatic N) is 2. The Morgan fingerprint density at radius 2 is 2.41 bits per heavy atom. The second-order valence-electron chi connectivity index (χ2n) is 4.44. The zero-order valence-electron chi connectivity index (χ0n) is 9.40. The molecular weight excluding hydrogens is 238 g/mol. The van der Waals surface area contributed by atoms with Crippen molar-refractivity contribution in [2.24, 2.45) is 5.92 Å². The average molecular weight is 252 g/mol. The van der Waals surface area contributed by atoms with Gasteiger partial charge in [0.15, 0.2) is 0 Å². The molecule has 1 saturated heterocycles. The molecule has 0 saturated carbocycles. The van der Waals surface area contributed by atoms with Crippen LogP contribution < -0.4 is 5.73 Å². The summed E-state index contributed by atoms with van der Waals surface area (Å²) < 4.78 is 7.41. The number of hydrogen-bond donors (Lipinski definition) is 1. The number of imidazole rings is 1. The van der Waals surface area contributed by atoms with Crippen LogP contribution in [0, 0.1) is 5.92 Å². The number of ether oxygens (including phenoxy) is 1. The minimum absolute atomic E-state index is 0.522. The van der Waals surface area contributed by atoms with Gasteiger partial charge in [-0.25, -0.2) is 4.98 Å². The predicted octanol–water partition coefficient (Wildman–Crippen LogP) is 2.31. The molecule has 0 spiro atoms. The Morgan fingerprint density at radius 3 is 3.18 bits per heavy atom. The first-order valence-corrected chi connectivity index (χ1v) is 6.11. The van der Waals surface area contributed by atoms with Gasteiger partial charge < -0.3 is 15.0 Å². The lowest BCUT2D eigenvalue weighted by atomic mass is 10.1. The molecule has 4 nitrogen and oxygen atoms in total. The molecule has 1 aromatic heterocycles. The molecule has 0 bridgehead atoms. The molecule has 0 amide bonds. The summed E-state index contributed by atoms with van der Waals surface area (Å²) in [6.45, 7) is 2.50. The molecule has 0 aliphatic carbocycles. The van der Waals surface area contributed by atoms with Crippen molar-refractivity contribution in [3.05, 3.63) is 23.2 Å². The quantitative estimate of drug-likeness (QED) is 0.891. The molecule has 2 heterocycles. The average Bonchev–Trinajstić information content (AvgIpc) is 2.90. The van der Waals surface area contributed by atoms with E-state index in [2.05, 4.69) is 4.98 Å². The lowest BCUT2D eigenvalue weighted by Crippen LogP contribution is -2.12. The van der Waals surface area contributed by atoms with Gasteiger partial charge in [0.1, 0.15) is 0 Å². The summed E-state index contributed by atoms with van der Waals surface area (Å²) in [5.41, 5.74) is 7.85. The Bertz CT molecular complexity index is 546. The molecule has 1 aromatic carbocycles. The SMILES string of the molecule is Nc1nc2ccc(Cl)cc2n1CC1CCOC1. The lowest BCUT2D eigenvalue weighted by Gasteiger charge is -2.11. The molecule has 1 aliphatic rings. The zero-order valence-corrected chi connectivity index (χ0v) is 10.2. The Morgan fingerprint density at radius 1 is 1.53 bits per heavy atom. The van der Waals surface area contributed by atoms with Crippen molar-refractivity contribution in [3.8, 4) is 0 Å². The van der Waals surface area contributed by atoms with Crippen molar-refractivity contribution in [1.82, 2.24) is 9.55 Å². The second-order valence-corrected chi connectivity index (χ2v) is 4.88. The highest BCUT2D eigenvalue weighted by molar-refractivity contribution is 6.31. The van der Waals surface area contributed by atoms with Crippen LogP contribution in [0.25, 0.3) is 11.0 Å². The first-order chi connectivity index (χ1) is 8.24. The van der Waals surface area contributed by atoms with Crippen LogP contribution in [-0.4, -0.2) is 22.8 Å². The number of anilines is 1. The standard InChI is InChI=1S/C12H14ClN3O/c13-9-1-2-10-11(5-9)16(12(14)15-10)6-8-3-4-17-7-8/h1-2,5,8H,3-4,6-7H2,(H2,14,15). The highest BCUT2D eigenvalue weighted by Crippen LogP contribution is 2.24. The fourth-order valence-electron chi connectivity index (χ4n) is 2.29. The van der Waals surface area contributed by atoms with Crippen LogP contribution in [0.4, 0.5) is 5.95 Å². The lowest BCUT2D eigenvalue weighted by molar-refractivity contribution is 0.183. The summed E-state index contributed by atoms with van der Waals surface area (Å²) in [7, 11) is 0. The molecule has 2 N–H and O–H groups in total. The van der Waals surface area contributed by atoms with Gasteiger partial charge >= 0.3 is 0 Å². The summed E-state index contributed by atoms with van der Waals surface area (Å²) in [6, 6.07) is 5.64. The number of nitrogen functional groups attached to an aromatic ring is 1. The van der Waals surface area contributed by atoms with E-state index in [0.717, 1.165) is 37.2 Å². The third-order valence-corrected chi connectivity index (χ3v) is 3.44. The van der Waals surface area contributed by atoms with E-state index < -0.39 is 0 Å². The molecule has 1 aliphatic heterocycles. The first-order valence-electron chi connectivity index (χ1n) is 5.73. The maximum Gasteiger partial charge on any atom is 0.201 e. The number of aromatic nitrogens is 2. The number of halogens is 1. The molecule has 1 fully saturated rings. The molecule has 1 atom stereocenters. The Labute approximate surface area is 104 Å². The van der Waals surface area contributed by atoms with E-state index in [9.17, 15) is 0 Å². The summed E-state index contributed by atoms with van der Waals surface area (Å²) >= 11 is 6.01. The molecule has 2 aromatic rings. The van der Waals surface area contributed by atoms with Gasteiger partial charge in [-0.15, -0.1) is 0 Å². The fraction of sp³-hybridized carbons (Fsp3) is 0.417. The number of benzene rings is 1. The minimum atomic E-state index is 0.522. The van der Waals surface area contributed by atoms with Gasteiger partial charge in [-0.3, -0.25) is 0 Å². The van der Waals surface area contributed by atoms with Crippen molar-refractivity contribution in [2.75, 3.05) is 18.9 Å². The van der Waals surface area contributed by atoms with E-state index in [4.69, 9.17) is 22.1 Å². The highest BCUT2D eigenvalue weighted by Gasteiger charge is 2.18. The van der Waals surface area contributed by atoms with E-state index >= 15 is 0 Å². The van der Waals surface area contributed by atoms with Gasteiger partial charge in [0, 0.05) is 24.1 Å². The summed E-state index contributed by atoms with van der Waals surface area (Å²) in [5.74, 6) is 1.07. The van der Waals surface area contributed by atoms with Crippen molar-refractivity contribution in [1.29, 1.82) is 0 Å². The van der Waals surface area contributed by atoms with Crippen molar-refractivity contribution in [3.63, 3.8) is 0 Å². The maximum atomic E-state index is 6.01. The molecule has 1 unspecified atom stereocenters. The van der Waals surface area contributed by atoms with Crippen LogP contribution in [-0.2, 0) is 11.3 Å². The number of hydrogen-bond acceptors (Lipinski definition) is 3. The fourth-order valence-corrected chi connectivity index (χ4v) is 2.46. The van der Waals surface area contributed by atoms with Crippen LogP contribution in [0.5, 0.6) is 0 Å². The van der Waals surface area contributed by atoms with Crippen LogP contribution in [0.2, 0.25) is 5.02 Å². The maximum absolute atomic E-state index is 6.01. The van der Waals surface area contributed by atoms with Crippen molar-refractivity contribution >= 4 is 28.6 Å². The van der Waals surface area contributed by atoms with Crippen molar-refractivity contribution < 1.29 is 4.74 Å². The third kappa shape index (κ3) is 1.98. The van der Waals surface area contributed by atoms with Gasteiger partial charge in [0.25, 0.3) is 0 Å². The molecule has 3 rings (SSSR count).